The largest absolute Gasteiger partial charge is 0.399 e. The summed E-state index contributed by atoms with van der Waals surface area (Å²) in [6, 6.07) is 7.47. The quantitative estimate of drug-likeness (QED) is 0.576. The Morgan fingerprint density at radius 1 is 1.20 bits per heavy atom. The number of anilines is 1. The molecule has 0 bridgehead atoms. The Morgan fingerprint density at radius 3 is 2.50 bits per heavy atom. The lowest BCUT2D eigenvalue weighted by atomic mass is 10.3. The number of hydrogen-bond acceptors (Lipinski definition) is 5. The number of nitrogens with zero attached hydrogens (tertiary/aromatic N) is 2. The maximum absolute atomic E-state index is 12.1. The van der Waals surface area contributed by atoms with E-state index in [-0.39, 0.29) is 5.75 Å². The SMILES string of the molecule is CN(C)CCN(C)S(=O)(=O)CCSc1cccc(N)c1. The molecule has 0 fully saturated rings. The van der Waals surface area contributed by atoms with Gasteiger partial charge in [-0.15, -0.1) is 11.8 Å². The van der Waals surface area contributed by atoms with Gasteiger partial charge in [-0.3, -0.25) is 0 Å². The fourth-order valence-corrected chi connectivity index (χ4v) is 3.98. The molecule has 0 aromatic heterocycles. The maximum Gasteiger partial charge on any atom is 0.214 e. The third kappa shape index (κ3) is 6.13. The van der Waals surface area contributed by atoms with Gasteiger partial charge < -0.3 is 10.6 Å². The molecule has 1 rings (SSSR count). The molecular formula is C13H23N3O2S2. The van der Waals surface area contributed by atoms with Gasteiger partial charge in [0.05, 0.1) is 5.75 Å². The average Bonchev–Trinajstić information content (AvgIpc) is 2.35. The summed E-state index contributed by atoms with van der Waals surface area (Å²) < 4.78 is 25.6. The van der Waals surface area contributed by atoms with E-state index in [1.165, 1.54) is 16.1 Å². The highest BCUT2D eigenvalue weighted by molar-refractivity contribution is 8.00. The summed E-state index contributed by atoms with van der Waals surface area (Å²) in [4.78, 5) is 2.96. The molecule has 0 saturated heterocycles. The number of nitrogen functional groups attached to an aromatic ring is 1. The normalized spacial score (nSPS) is 12.2. The van der Waals surface area contributed by atoms with Crippen molar-refractivity contribution in [1.29, 1.82) is 0 Å². The average molecular weight is 317 g/mol. The Bertz CT molecular complexity index is 518. The van der Waals surface area contributed by atoms with Crippen molar-refractivity contribution in [1.82, 2.24) is 9.21 Å². The van der Waals surface area contributed by atoms with E-state index in [1.807, 2.05) is 43.3 Å². The molecule has 0 amide bonds. The molecule has 0 radical (unpaired) electrons. The second-order valence-corrected chi connectivity index (χ2v) is 8.23. The smallest absolute Gasteiger partial charge is 0.214 e. The van der Waals surface area contributed by atoms with Crippen LogP contribution in [0.3, 0.4) is 0 Å². The van der Waals surface area contributed by atoms with Crippen LogP contribution < -0.4 is 5.73 Å². The molecule has 0 spiro atoms. The molecule has 5 nitrogen and oxygen atoms in total. The molecule has 20 heavy (non-hydrogen) atoms. The second-order valence-electron chi connectivity index (χ2n) is 4.86. The number of sulfonamides is 1. The fraction of sp³-hybridized carbons (Fsp3) is 0.538. The van der Waals surface area contributed by atoms with Gasteiger partial charge in [0, 0.05) is 36.5 Å². The van der Waals surface area contributed by atoms with Crippen LogP contribution in [0.5, 0.6) is 0 Å². The first kappa shape index (κ1) is 17.3. The highest BCUT2D eigenvalue weighted by Crippen LogP contribution is 2.20. The number of hydrogen-bond donors (Lipinski definition) is 1. The van der Waals surface area contributed by atoms with Crippen LogP contribution in [0.25, 0.3) is 0 Å². The van der Waals surface area contributed by atoms with Crippen molar-refractivity contribution >= 4 is 27.5 Å². The van der Waals surface area contributed by atoms with Gasteiger partial charge >= 0.3 is 0 Å². The molecule has 2 N–H and O–H groups in total. The van der Waals surface area contributed by atoms with Gasteiger partial charge in [0.1, 0.15) is 0 Å². The summed E-state index contributed by atoms with van der Waals surface area (Å²) in [6.07, 6.45) is 0. The summed E-state index contributed by atoms with van der Waals surface area (Å²) >= 11 is 1.51. The van der Waals surface area contributed by atoms with Crippen molar-refractivity contribution in [3.8, 4) is 0 Å². The minimum absolute atomic E-state index is 0.135. The summed E-state index contributed by atoms with van der Waals surface area (Å²) in [6.45, 7) is 1.23. The zero-order chi connectivity index (χ0) is 15.2. The molecule has 1 aromatic rings. The van der Waals surface area contributed by atoms with Crippen molar-refractivity contribution < 1.29 is 8.42 Å². The minimum atomic E-state index is -3.18. The van der Waals surface area contributed by atoms with Crippen LogP contribution in [0.15, 0.2) is 29.2 Å². The molecule has 0 aliphatic rings. The molecule has 0 aliphatic heterocycles. The Labute approximate surface area is 126 Å². The zero-order valence-corrected chi connectivity index (χ0v) is 13.9. The molecular weight excluding hydrogens is 294 g/mol. The highest BCUT2D eigenvalue weighted by atomic mass is 32.2. The van der Waals surface area contributed by atoms with E-state index >= 15 is 0 Å². The van der Waals surface area contributed by atoms with Gasteiger partial charge in [-0.1, -0.05) is 6.07 Å². The van der Waals surface area contributed by atoms with E-state index in [9.17, 15) is 8.42 Å². The molecule has 7 heteroatoms. The van der Waals surface area contributed by atoms with Crippen LogP contribution in [-0.4, -0.2) is 63.4 Å². The first-order chi connectivity index (χ1) is 9.31. The third-order valence-corrected chi connectivity index (χ3v) is 5.91. The van der Waals surface area contributed by atoms with Crippen molar-refractivity contribution in [2.75, 3.05) is 51.5 Å². The Balaban J connectivity index is 2.43. The topological polar surface area (TPSA) is 66.6 Å². The first-order valence-electron chi connectivity index (χ1n) is 6.38. The number of rotatable bonds is 8. The van der Waals surface area contributed by atoms with E-state index < -0.39 is 10.0 Å². The van der Waals surface area contributed by atoms with E-state index in [2.05, 4.69) is 0 Å². The van der Waals surface area contributed by atoms with Gasteiger partial charge in [0.25, 0.3) is 0 Å². The van der Waals surface area contributed by atoms with Gasteiger partial charge in [-0.05, 0) is 32.3 Å². The molecule has 114 valence electrons. The number of benzene rings is 1. The van der Waals surface area contributed by atoms with Gasteiger partial charge in [0.2, 0.25) is 10.0 Å². The highest BCUT2D eigenvalue weighted by Gasteiger charge is 2.17. The van der Waals surface area contributed by atoms with Gasteiger partial charge in [-0.2, -0.15) is 0 Å². The second kappa shape index (κ2) is 7.87. The van der Waals surface area contributed by atoms with E-state index in [4.69, 9.17) is 5.73 Å². The molecule has 0 aliphatic carbocycles. The fourth-order valence-electron chi connectivity index (χ4n) is 1.50. The van der Waals surface area contributed by atoms with E-state index in [0.717, 1.165) is 11.4 Å². The number of likely N-dealkylation sites (N-methyl/N-ethyl adjacent to an activating group) is 2. The summed E-state index contributed by atoms with van der Waals surface area (Å²) in [5.74, 6) is 0.661. The van der Waals surface area contributed by atoms with Crippen LogP contribution in [0.2, 0.25) is 0 Å². The van der Waals surface area contributed by atoms with Crippen LogP contribution in [0.4, 0.5) is 5.69 Å². The van der Waals surface area contributed by atoms with Crippen LogP contribution in [-0.2, 0) is 10.0 Å². The van der Waals surface area contributed by atoms with E-state index in [1.54, 1.807) is 7.05 Å². The van der Waals surface area contributed by atoms with Crippen molar-refractivity contribution in [2.24, 2.45) is 0 Å². The van der Waals surface area contributed by atoms with Gasteiger partial charge in [-0.25, -0.2) is 12.7 Å². The zero-order valence-electron chi connectivity index (χ0n) is 12.2. The lowest BCUT2D eigenvalue weighted by Crippen LogP contribution is -2.35. The lowest BCUT2D eigenvalue weighted by molar-refractivity contribution is 0.359. The molecule has 0 saturated carbocycles. The Morgan fingerprint density at radius 2 is 1.90 bits per heavy atom. The predicted octanol–water partition coefficient (Wildman–Crippen LogP) is 1.18. The standard InChI is InChI=1S/C13H23N3O2S2/c1-15(2)7-8-16(3)20(17,18)10-9-19-13-6-4-5-12(14)11-13/h4-6,11H,7-10,14H2,1-3H3. The molecule has 0 atom stereocenters. The van der Waals surface area contributed by atoms with Crippen LogP contribution in [0, 0.1) is 0 Å². The summed E-state index contributed by atoms with van der Waals surface area (Å²) in [5.41, 5.74) is 6.38. The summed E-state index contributed by atoms with van der Waals surface area (Å²) in [5, 5.41) is 0. The number of thioether (sulfide) groups is 1. The molecule has 1 aromatic carbocycles. The van der Waals surface area contributed by atoms with Crippen LogP contribution in [0.1, 0.15) is 0 Å². The summed E-state index contributed by atoms with van der Waals surface area (Å²) in [7, 11) is 2.30. The number of nitrogens with two attached hydrogens (primary N) is 1. The third-order valence-electron chi connectivity index (χ3n) is 2.81. The predicted molar refractivity (Wildman–Crippen MR) is 86.5 cm³/mol. The van der Waals surface area contributed by atoms with Crippen molar-refractivity contribution in [3.05, 3.63) is 24.3 Å². The van der Waals surface area contributed by atoms with Gasteiger partial charge in [0.15, 0.2) is 0 Å². The maximum atomic E-state index is 12.1. The molecule has 0 unspecified atom stereocenters. The lowest BCUT2D eigenvalue weighted by Gasteiger charge is -2.19. The van der Waals surface area contributed by atoms with E-state index in [0.29, 0.717) is 18.0 Å². The Hall–Kier alpha value is -0.760. The van der Waals surface area contributed by atoms with Crippen molar-refractivity contribution in [2.45, 2.75) is 4.90 Å². The Kier molecular flexibility index (Phi) is 6.81. The van der Waals surface area contributed by atoms with Crippen LogP contribution >= 0.6 is 11.8 Å². The van der Waals surface area contributed by atoms with Crippen molar-refractivity contribution in [3.63, 3.8) is 0 Å². The first-order valence-corrected chi connectivity index (χ1v) is 8.98. The monoisotopic (exact) mass is 317 g/mol. The molecule has 0 heterocycles. The minimum Gasteiger partial charge on any atom is -0.399 e.